The molecule has 9 atom stereocenters. The molecule has 4 fully saturated rings. The zero-order valence-corrected chi connectivity index (χ0v) is 32.5. The minimum atomic E-state index is -0.374. The number of ether oxygens (including phenoxy) is 3. The maximum atomic E-state index is 13.8. The zero-order valence-electron chi connectivity index (χ0n) is 32.5. The van der Waals surface area contributed by atoms with Crippen LogP contribution in [0.5, 0.6) is 5.75 Å². The maximum absolute atomic E-state index is 13.8. The van der Waals surface area contributed by atoms with E-state index in [9.17, 15) is 9.59 Å². The Labute approximate surface area is 301 Å². The van der Waals surface area contributed by atoms with Gasteiger partial charge in [-0.1, -0.05) is 84.4 Å². The number of methoxy groups -OCH3 is 2. The van der Waals surface area contributed by atoms with Crippen molar-refractivity contribution in [1.29, 1.82) is 0 Å². The van der Waals surface area contributed by atoms with Crippen LogP contribution in [-0.2, 0) is 19.1 Å². The summed E-state index contributed by atoms with van der Waals surface area (Å²) in [6.45, 7) is 19.3. The van der Waals surface area contributed by atoms with Crippen LogP contribution in [0.1, 0.15) is 131 Å². The van der Waals surface area contributed by atoms with Gasteiger partial charge in [0.15, 0.2) is 0 Å². The van der Waals surface area contributed by atoms with Crippen molar-refractivity contribution in [3.63, 3.8) is 0 Å². The molecule has 0 spiro atoms. The highest BCUT2D eigenvalue weighted by atomic mass is 16.5. The average Bonchev–Trinajstić information content (AvgIpc) is 3.08. The van der Waals surface area contributed by atoms with Crippen molar-refractivity contribution in [2.75, 3.05) is 14.2 Å². The number of rotatable bonds is 5. The Hall–Kier alpha value is -2.82. The van der Waals surface area contributed by atoms with E-state index in [1.54, 1.807) is 19.8 Å². The highest BCUT2D eigenvalue weighted by molar-refractivity contribution is 5.87. The Morgan fingerprint density at radius 1 is 0.800 bits per heavy atom. The number of esters is 2. The van der Waals surface area contributed by atoms with Crippen LogP contribution in [0, 0.1) is 50.2 Å². The second-order valence-electron chi connectivity index (χ2n) is 19.3. The third-order valence-electron chi connectivity index (χ3n) is 16.4. The van der Waals surface area contributed by atoms with Crippen molar-refractivity contribution in [3.8, 4) is 5.75 Å². The van der Waals surface area contributed by atoms with E-state index < -0.39 is 0 Å². The molecule has 50 heavy (non-hydrogen) atoms. The topological polar surface area (TPSA) is 61.8 Å². The highest BCUT2D eigenvalue weighted by Crippen LogP contribution is 2.76. The van der Waals surface area contributed by atoms with E-state index >= 15 is 0 Å². The van der Waals surface area contributed by atoms with Gasteiger partial charge in [0.05, 0.1) is 25.6 Å². The summed E-state index contributed by atoms with van der Waals surface area (Å²) in [4.78, 5) is 27.4. The third-order valence-corrected chi connectivity index (χ3v) is 16.4. The first-order chi connectivity index (χ1) is 23.5. The van der Waals surface area contributed by atoms with Crippen LogP contribution in [0.2, 0.25) is 0 Å². The Balaban J connectivity index is 1.13. The van der Waals surface area contributed by atoms with Crippen LogP contribution in [-0.4, -0.2) is 32.3 Å². The Morgan fingerprint density at radius 2 is 1.50 bits per heavy atom. The van der Waals surface area contributed by atoms with Crippen LogP contribution < -0.4 is 4.74 Å². The van der Waals surface area contributed by atoms with Gasteiger partial charge in [0, 0.05) is 5.41 Å². The van der Waals surface area contributed by atoms with E-state index in [2.05, 4.69) is 78.8 Å². The smallest absolute Gasteiger partial charge is 0.313 e. The lowest BCUT2D eigenvalue weighted by atomic mass is 9.33. The summed E-state index contributed by atoms with van der Waals surface area (Å²) >= 11 is 0. The van der Waals surface area contributed by atoms with Gasteiger partial charge in [-0.05, 0) is 139 Å². The molecular weight excluding hydrogens is 620 g/mol. The van der Waals surface area contributed by atoms with Crippen molar-refractivity contribution in [2.45, 2.75) is 132 Å². The molecule has 0 saturated heterocycles. The molecule has 4 saturated carbocycles. The van der Waals surface area contributed by atoms with Gasteiger partial charge in [0.25, 0.3) is 0 Å². The summed E-state index contributed by atoms with van der Waals surface area (Å²) < 4.78 is 17.5. The zero-order chi connectivity index (χ0) is 36.1. The SMILES string of the molecule is COC(=O)[C@]12CCC(C)(C)C[C@H]1C1=CC[C@@H]3[C@@]4(C)CC[C@H](OC(=O)[C@@H](C)c5ccc6cc(OC)ccc6c5)C(C)(C)[C@@H]4CC[C@@]3(C)[C@]1(C)CC2. The first kappa shape index (κ1) is 35.6. The minimum Gasteiger partial charge on any atom is -0.497 e. The second-order valence-corrected chi connectivity index (χ2v) is 19.3. The van der Waals surface area contributed by atoms with E-state index in [0.717, 1.165) is 79.9 Å². The molecule has 5 nitrogen and oxygen atoms in total. The number of hydrogen-bond donors (Lipinski definition) is 0. The maximum Gasteiger partial charge on any atom is 0.313 e. The predicted molar refractivity (Wildman–Crippen MR) is 200 cm³/mol. The summed E-state index contributed by atoms with van der Waals surface area (Å²) in [5.41, 5.74) is 2.65. The van der Waals surface area contributed by atoms with E-state index in [1.807, 2.05) is 19.1 Å². The fraction of sp³-hybridized carbons (Fsp3) is 0.689. The molecule has 2 aromatic carbocycles. The number of allylic oxidation sites excluding steroid dienone is 2. The first-order valence-electron chi connectivity index (χ1n) is 19.5. The van der Waals surface area contributed by atoms with Gasteiger partial charge in [0.1, 0.15) is 11.9 Å². The number of carbonyl (C=O) groups excluding carboxylic acids is 2. The van der Waals surface area contributed by atoms with E-state index in [1.165, 1.54) is 6.42 Å². The van der Waals surface area contributed by atoms with Crippen molar-refractivity contribution in [3.05, 3.63) is 53.6 Å². The number of hydrogen-bond acceptors (Lipinski definition) is 5. The monoisotopic (exact) mass is 682 g/mol. The summed E-state index contributed by atoms with van der Waals surface area (Å²) in [7, 11) is 3.27. The molecule has 0 aliphatic heterocycles. The van der Waals surface area contributed by atoms with Crippen LogP contribution >= 0.6 is 0 Å². The Bertz CT molecular complexity index is 1720. The third kappa shape index (κ3) is 5.05. The lowest BCUT2D eigenvalue weighted by Crippen LogP contribution is -2.65. The van der Waals surface area contributed by atoms with Gasteiger partial charge in [-0.3, -0.25) is 9.59 Å². The molecule has 0 radical (unpaired) electrons. The molecule has 0 N–H and O–H groups in total. The normalized spacial score (nSPS) is 39.0. The van der Waals surface area contributed by atoms with E-state index in [4.69, 9.17) is 14.2 Å². The predicted octanol–water partition coefficient (Wildman–Crippen LogP) is 10.8. The van der Waals surface area contributed by atoms with E-state index in [0.29, 0.717) is 11.8 Å². The fourth-order valence-electron chi connectivity index (χ4n) is 13.0. The molecule has 0 heterocycles. The average molecular weight is 683 g/mol. The molecule has 0 unspecified atom stereocenters. The van der Waals surface area contributed by atoms with Crippen LogP contribution in [0.25, 0.3) is 10.8 Å². The Morgan fingerprint density at radius 3 is 2.22 bits per heavy atom. The van der Waals surface area contributed by atoms with Gasteiger partial charge >= 0.3 is 11.9 Å². The van der Waals surface area contributed by atoms with Gasteiger partial charge in [0.2, 0.25) is 0 Å². The summed E-state index contributed by atoms with van der Waals surface area (Å²) in [5, 5.41) is 2.20. The lowest BCUT2D eigenvalue weighted by Gasteiger charge is -2.71. The first-order valence-corrected chi connectivity index (χ1v) is 19.5. The molecule has 5 aliphatic carbocycles. The van der Waals surface area contributed by atoms with E-state index in [-0.39, 0.29) is 62.4 Å². The van der Waals surface area contributed by atoms with Crippen molar-refractivity contribution in [2.24, 2.45) is 50.2 Å². The molecule has 2 aromatic rings. The summed E-state index contributed by atoms with van der Waals surface area (Å²) in [6, 6.07) is 12.3. The lowest BCUT2D eigenvalue weighted by molar-refractivity contribution is -0.214. The molecule has 7 rings (SSSR count). The van der Waals surface area contributed by atoms with Crippen LogP contribution in [0.3, 0.4) is 0 Å². The summed E-state index contributed by atoms with van der Waals surface area (Å²) in [5.74, 6) is 1.68. The van der Waals surface area contributed by atoms with Crippen LogP contribution in [0.15, 0.2) is 48.0 Å². The van der Waals surface area contributed by atoms with Crippen molar-refractivity contribution < 1.29 is 23.8 Å². The van der Waals surface area contributed by atoms with Crippen LogP contribution in [0.4, 0.5) is 0 Å². The number of carbonyl (C=O) groups is 2. The van der Waals surface area contributed by atoms with Gasteiger partial charge < -0.3 is 14.2 Å². The number of benzene rings is 2. The molecule has 0 aromatic heterocycles. The van der Waals surface area contributed by atoms with Gasteiger partial charge in [-0.15, -0.1) is 0 Å². The molecule has 0 amide bonds. The van der Waals surface area contributed by atoms with Crippen molar-refractivity contribution in [1.82, 2.24) is 0 Å². The molecule has 272 valence electrons. The number of fused-ring (bicyclic) bond motifs is 8. The Kier molecular flexibility index (Phi) is 8.43. The minimum absolute atomic E-state index is 0.0223. The van der Waals surface area contributed by atoms with Crippen molar-refractivity contribution >= 4 is 22.7 Å². The molecule has 5 aliphatic rings. The second kappa shape index (κ2) is 11.9. The largest absolute Gasteiger partial charge is 0.497 e. The molecule has 5 heteroatoms. The fourth-order valence-corrected chi connectivity index (χ4v) is 13.0. The molecular formula is C45H62O5. The van der Waals surface area contributed by atoms with Gasteiger partial charge in [-0.25, -0.2) is 0 Å². The summed E-state index contributed by atoms with van der Waals surface area (Å²) in [6.07, 6.45) is 13.0. The molecule has 0 bridgehead atoms. The standard InChI is InChI=1S/C45H62O5/c1-28(29-11-12-31-26-32(48-9)14-13-30(31)25-29)38(46)50-37-18-19-42(6)35(41(37,4)5)17-20-44(8)36(42)16-15-33-34-27-40(2,3)21-23-45(34,39(47)49-10)24-22-43(33,44)7/h11-15,25-26,28,34-37H,16-24,27H2,1-10H3/t28-,34-,35-,36+,37-,42-,43+,44+,45-/m0/s1. The van der Waals surface area contributed by atoms with Gasteiger partial charge in [-0.2, -0.15) is 0 Å². The highest BCUT2D eigenvalue weighted by Gasteiger charge is 2.69. The quantitative estimate of drug-likeness (QED) is 0.232.